The molecule has 0 aliphatic carbocycles. The molecule has 1 aromatic heterocycles. The molecule has 0 unspecified atom stereocenters. The summed E-state index contributed by atoms with van der Waals surface area (Å²) in [6.45, 7) is -0.460. The molecule has 0 aliphatic heterocycles. The Hall–Kier alpha value is -2.58. The lowest BCUT2D eigenvalue weighted by atomic mass is 10.2. The van der Waals surface area contributed by atoms with Crippen LogP contribution >= 0.6 is 0 Å². The minimum Gasteiger partial charge on any atom is -0.398 e. The number of aliphatic hydroxyl groups is 1. The van der Waals surface area contributed by atoms with E-state index in [9.17, 15) is 13.5 Å². The molecule has 0 saturated carbocycles. The molecule has 1 heterocycles. The maximum Gasteiger partial charge on any atom is 0.279 e. The SMILES string of the molecule is Nc1cccc2c1cnn2N(CCO)S(=O)(=O)c1ccccc1. The average molecular weight is 332 g/mol. The van der Waals surface area contributed by atoms with E-state index in [-0.39, 0.29) is 18.0 Å². The number of aromatic nitrogens is 2. The Bertz CT molecular complexity index is 922. The van der Waals surface area contributed by atoms with Crippen molar-refractivity contribution in [3.8, 4) is 0 Å². The summed E-state index contributed by atoms with van der Waals surface area (Å²) in [5.41, 5.74) is 6.96. The summed E-state index contributed by atoms with van der Waals surface area (Å²) >= 11 is 0. The van der Waals surface area contributed by atoms with Gasteiger partial charge < -0.3 is 10.8 Å². The molecule has 23 heavy (non-hydrogen) atoms. The first-order valence-corrected chi connectivity index (χ1v) is 8.41. The van der Waals surface area contributed by atoms with Gasteiger partial charge in [-0.3, -0.25) is 0 Å². The van der Waals surface area contributed by atoms with Gasteiger partial charge in [0.2, 0.25) is 0 Å². The summed E-state index contributed by atoms with van der Waals surface area (Å²) < 4.78 is 26.8. The van der Waals surface area contributed by atoms with Crippen molar-refractivity contribution in [1.29, 1.82) is 0 Å². The zero-order valence-corrected chi connectivity index (χ0v) is 13.0. The standard InChI is InChI=1S/C15H16N4O3S/c16-14-7-4-8-15-13(14)11-17-19(15)18(9-10-20)23(21,22)12-5-2-1-3-6-12/h1-8,11,20H,9-10,16H2. The Balaban J connectivity index is 2.17. The number of anilines is 1. The third-order valence-corrected chi connectivity index (χ3v) is 5.21. The van der Waals surface area contributed by atoms with Gasteiger partial charge in [-0.15, -0.1) is 0 Å². The fourth-order valence-electron chi connectivity index (χ4n) is 2.35. The van der Waals surface area contributed by atoms with Crippen LogP contribution in [0.4, 0.5) is 5.69 Å². The summed E-state index contributed by atoms with van der Waals surface area (Å²) in [5, 5.41) is 14.1. The van der Waals surface area contributed by atoms with Crippen molar-refractivity contribution in [1.82, 2.24) is 9.89 Å². The number of nitrogens with zero attached hydrogens (tertiary/aromatic N) is 3. The van der Waals surface area contributed by atoms with Gasteiger partial charge in [-0.05, 0) is 24.3 Å². The summed E-state index contributed by atoms with van der Waals surface area (Å²) in [4.78, 5) is 1.38. The van der Waals surface area contributed by atoms with E-state index in [2.05, 4.69) is 5.10 Å². The molecular weight excluding hydrogens is 316 g/mol. The predicted octanol–water partition coefficient (Wildman–Crippen LogP) is 0.938. The van der Waals surface area contributed by atoms with Gasteiger partial charge in [0.05, 0.1) is 29.8 Å². The molecule has 3 aromatic rings. The zero-order valence-electron chi connectivity index (χ0n) is 12.2. The Morgan fingerprint density at radius 1 is 1.13 bits per heavy atom. The van der Waals surface area contributed by atoms with Gasteiger partial charge in [0.15, 0.2) is 0 Å². The molecule has 120 valence electrons. The van der Waals surface area contributed by atoms with E-state index in [1.54, 1.807) is 36.4 Å². The molecule has 0 aliphatic rings. The number of aliphatic hydroxyl groups excluding tert-OH is 1. The number of nitrogens with two attached hydrogens (primary N) is 1. The van der Waals surface area contributed by atoms with Gasteiger partial charge in [0, 0.05) is 11.1 Å². The van der Waals surface area contributed by atoms with Crippen molar-refractivity contribution < 1.29 is 13.5 Å². The van der Waals surface area contributed by atoms with Crippen LogP contribution in [0.15, 0.2) is 59.6 Å². The molecule has 2 aromatic carbocycles. The van der Waals surface area contributed by atoms with Crippen LogP contribution in [0.5, 0.6) is 0 Å². The molecule has 3 rings (SSSR count). The van der Waals surface area contributed by atoms with Crippen molar-refractivity contribution in [2.75, 3.05) is 23.3 Å². The van der Waals surface area contributed by atoms with E-state index in [1.165, 1.54) is 23.1 Å². The highest BCUT2D eigenvalue weighted by Gasteiger charge is 2.26. The van der Waals surface area contributed by atoms with Crippen molar-refractivity contribution in [2.45, 2.75) is 4.90 Å². The summed E-state index contributed by atoms with van der Waals surface area (Å²) in [7, 11) is -3.86. The topological polar surface area (TPSA) is 101 Å². The van der Waals surface area contributed by atoms with E-state index in [0.29, 0.717) is 16.6 Å². The Kier molecular flexibility index (Phi) is 3.93. The first kappa shape index (κ1) is 15.3. The highest BCUT2D eigenvalue weighted by atomic mass is 32.2. The molecule has 7 nitrogen and oxygen atoms in total. The maximum absolute atomic E-state index is 12.9. The van der Waals surface area contributed by atoms with Crippen molar-refractivity contribution >= 4 is 26.6 Å². The highest BCUT2D eigenvalue weighted by Crippen LogP contribution is 2.22. The highest BCUT2D eigenvalue weighted by molar-refractivity contribution is 7.92. The van der Waals surface area contributed by atoms with E-state index in [1.807, 2.05) is 0 Å². The molecule has 0 spiro atoms. The van der Waals surface area contributed by atoms with Gasteiger partial charge in [0.25, 0.3) is 10.0 Å². The maximum atomic E-state index is 12.9. The minimum absolute atomic E-state index is 0.122. The second-order valence-corrected chi connectivity index (χ2v) is 6.74. The van der Waals surface area contributed by atoms with E-state index < -0.39 is 10.0 Å². The van der Waals surface area contributed by atoms with Gasteiger partial charge >= 0.3 is 0 Å². The molecule has 0 amide bonds. The van der Waals surface area contributed by atoms with Crippen LogP contribution < -0.4 is 10.1 Å². The van der Waals surface area contributed by atoms with Crippen LogP contribution in [-0.4, -0.2) is 36.6 Å². The lowest BCUT2D eigenvalue weighted by molar-refractivity contribution is 0.298. The van der Waals surface area contributed by atoms with Crippen LogP contribution in [-0.2, 0) is 10.0 Å². The Labute approximate surface area is 133 Å². The molecule has 0 fully saturated rings. The summed E-state index contributed by atoms with van der Waals surface area (Å²) in [6.07, 6.45) is 1.51. The van der Waals surface area contributed by atoms with Crippen molar-refractivity contribution in [3.63, 3.8) is 0 Å². The van der Waals surface area contributed by atoms with Crippen LogP contribution in [0, 0.1) is 0 Å². The van der Waals surface area contributed by atoms with Crippen molar-refractivity contribution in [3.05, 3.63) is 54.7 Å². The van der Waals surface area contributed by atoms with Crippen LogP contribution in [0.1, 0.15) is 0 Å². The zero-order chi connectivity index (χ0) is 16.4. The first-order chi connectivity index (χ1) is 11.1. The molecule has 0 radical (unpaired) electrons. The Morgan fingerprint density at radius 3 is 2.57 bits per heavy atom. The summed E-state index contributed by atoms with van der Waals surface area (Å²) in [6, 6.07) is 13.2. The fourth-order valence-corrected chi connectivity index (χ4v) is 3.75. The first-order valence-electron chi connectivity index (χ1n) is 6.97. The van der Waals surface area contributed by atoms with Gasteiger partial charge in [0.1, 0.15) is 0 Å². The van der Waals surface area contributed by atoms with Crippen LogP contribution in [0.25, 0.3) is 10.9 Å². The molecular formula is C15H16N4O3S. The quantitative estimate of drug-likeness (QED) is 0.677. The largest absolute Gasteiger partial charge is 0.398 e. The monoisotopic (exact) mass is 332 g/mol. The number of hydrogen-bond acceptors (Lipinski definition) is 5. The summed E-state index contributed by atoms with van der Waals surface area (Å²) in [5.74, 6) is 0. The second-order valence-electron chi connectivity index (χ2n) is 4.90. The lowest BCUT2D eigenvalue weighted by Crippen LogP contribution is -2.43. The number of nitrogen functional groups attached to an aromatic ring is 1. The van der Waals surface area contributed by atoms with Gasteiger partial charge in [-0.1, -0.05) is 24.3 Å². The van der Waals surface area contributed by atoms with Crippen molar-refractivity contribution in [2.24, 2.45) is 0 Å². The molecule has 3 N–H and O–H groups in total. The molecule has 0 saturated heterocycles. The second kappa shape index (κ2) is 5.90. The van der Waals surface area contributed by atoms with E-state index in [0.717, 1.165) is 4.41 Å². The normalized spacial score (nSPS) is 11.7. The van der Waals surface area contributed by atoms with Crippen LogP contribution in [0.3, 0.4) is 0 Å². The number of rotatable bonds is 5. The average Bonchev–Trinajstić information content (AvgIpc) is 2.98. The lowest BCUT2D eigenvalue weighted by Gasteiger charge is -2.24. The molecule has 8 heteroatoms. The number of benzene rings is 2. The van der Waals surface area contributed by atoms with Gasteiger partial charge in [-0.25, -0.2) is 0 Å². The smallest absolute Gasteiger partial charge is 0.279 e. The van der Waals surface area contributed by atoms with E-state index in [4.69, 9.17) is 5.73 Å². The molecule has 0 bridgehead atoms. The number of fused-ring (bicyclic) bond motifs is 1. The number of sulfonamides is 1. The molecule has 0 atom stereocenters. The van der Waals surface area contributed by atoms with Crippen LogP contribution in [0.2, 0.25) is 0 Å². The van der Waals surface area contributed by atoms with E-state index >= 15 is 0 Å². The number of hydrogen-bond donors (Lipinski definition) is 2. The predicted molar refractivity (Wildman–Crippen MR) is 87.9 cm³/mol. The third-order valence-electron chi connectivity index (χ3n) is 3.45. The van der Waals surface area contributed by atoms with Gasteiger partial charge in [-0.2, -0.15) is 22.7 Å². The third kappa shape index (κ3) is 2.62. The fraction of sp³-hybridized carbons (Fsp3) is 0.133. The Morgan fingerprint density at radius 2 is 1.87 bits per heavy atom. The minimum atomic E-state index is -3.86.